The maximum atomic E-state index is 14.0. The SMILES string of the molecule is CCN1C[C@]2(OC(=O)c3ccccc3NC(C)=O)CCC(OC)C34[C@@H]1[C@H](C[C@@H]32)[C@@]1(O)C[C@H](OC)[C@H]2C[C@@H]4[C@]1(O)[C@H]2OC. The van der Waals surface area contributed by atoms with Gasteiger partial charge in [-0.25, -0.2) is 4.79 Å². The molecule has 6 fully saturated rings. The highest BCUT2D eigenvalue weighted by Gasteiger charge is 2.89. The number of carbonyl (C=O) groups excluding carboxylic acids is 2. The van der Waals surface area contributed by atoms with Gasteiger partial charge < -0.3 is 34.5 Å². The Labute approximate surface area is 247 Å². The maximum Gasteiger partial charge on any atom is 0.340 e. The standard InChI is InChI=1S/C32H44N2O8/c1-6-34-16-29(42-28(36)18-9-7-8-10-21(18)33-17(2)35)12-11-25(40-4)31-23(29)14-20(26(31)34)30(37)15-22(39-3)19-13-24(31)32(30,38)27(19)41-5/h7-10,19-20,22-27,37-38H,6,11-16H2,1-5H3,(H,33,35)/t19-,20+,22+,23-,24+,25?,26+,27+,29-,30+,31?,32+/m1/s1. The summed E-state index contributed by atoms with van der Waals surface area (Å²) in [4.78, 5) is 28.3. The summed E-state index contributed by atoms with van der Waals surface area (Å²) in [5, 5.41) is 28.4. The van der Waals surface area contributed by atoms with E-state index in [9.17, 15) is 19.8 Å². The Hall–Kier alpha value is -2.08. The molecule has 10 nitrogen and oxygen atoms in total. The Bertz CT molecular complexity index is 1290. The van der Waals surface area contributed by atoms with Gasteiger partial charge in [0.05, 0.1) is 29.6 Å². The summed E-state index contributed by atoms with van der Waals surface area (Å²) in [6.45, 7) is 4.79. The van der Waals surface area contributed by atoms with Gasteiger partial charge in [0, 0.05) is 76.3 Å². The molecule has 1 amide bonds. The molecule has 0 radical (unpaired) electrons. The van der Waals surface area contributed by atoms with Crippen molar-refractivity contribution in [3.05, 3.63) is 29.8 Å². The van der Waals surface area contributed by atoms with Gasteiger partial charge in [-0.05, 0) is 44.4 Å². The summed E-state index contributed by atoms with van der Waals surface area (Å²) >= 11 is 0. The lowest BCUT2D eigenvalue weighted by atomic mass is 9.44. The smallest absolute Gasteiger partial charge is 0.340 e. The minimum Gasteiger partial charge on any atom is -0.454 e. The highest BCUT2D eigenvalue weighted by Crippen LogP contribution is 2.79. The van der Waals surface area contributed by atoms with Crippen molar-refractivity contribution in [2.24, 2.45) is 29.1 Å². The molecule has 1 saturated heterocycles. The number of anilines is 1. The number of piperidine rings is 1. The van der Waals surface area contributed by atoms with Gasteiger partial charge in [0.2, 0.25) is 5.91 Å². The Morgan fingerprint density at radius 2 is 1.83 bits per heavy atom. The predicted molar refractivity (Wildman–Crippen MR) is 152 cm³/mol. The van der Waals surface area contributed by atoms with Crippen molar-refractivity contribution < 1.29 is 38.7 Å². The lowest BCUT2D eigenvalue weighted by Gasteiger charge is -2.70. The molecule has 1 aromatic rings. The Balaban J connectivity index is 1.38. The number of likely N-dealkylation sites (N-methyl/N-ethyl adjacent to an activating group) is 1. The van der Waals surface area contributed by atoms with Gasteiger partial charge >= 0.3 is 5.97 Å². The maximum absolute atomic E-state index is 14.0. The van der Waals surface area contributed by atoms with Crippen molar-refractivity contribution in [1.82, 2.24) is 4.90 Å². The van der Waals surface area contributed by atoms with Gasteiger partial charge in [0.15, 0.2) is 0 Å². The number of hydrogen-bond acceptors (Lipinski definition) is 9. The summed E-state index contributed by atoms with van der Waals surface area (Å²) in [5.74, 6) is -1.54. The van der Waals surface area contributed by atoms with Gasteiger partial charge in [-0.3, -0.25) is 9.69 Å². The van der Waals surface area contributed by atoms with E-state index in [1.807, 2.05) is 0 Å². The Kier molecular flexibility index (Phi) is 6.46. The van der Waals surface area contributed by atoms with E-state index in [1.165, 1.54) is 6.92 Å². The monoisotopic (exact) mass is 584 g/mol. The third-order valence-corrected chi connectivity index (χ3v) is 12.6. The van der Waals surface area contributed by atoms with Gasteiger partial charge in [-0.1, -0.05) is 19.1 Å². The molecular weight excluding hydrogens is 540 g/mol. The number of fused-ring (bicyclic) bond motifs is 2. The number of rotatable bonds is 7. The molecule has 5 aliphatic carbocycles. The highest BCUT2D eigenvalue weighted by atomic mass is 16.6. The largest absolute Gasteiger partial charge is 0.454 e. The average molecular weight is 585 g/mol. The molecule has 5 saturated carbocycles. The molecule has 1 aliphatic heterocycles. The van der Waals surface area contributed by atoms with Crippen LogP contribution in [-0.4, -0.2) is 103 Å². The molecule has 0 aromatic heterocycles. The lowest BCUT2D eigenvalue weighted by Crippen LogP contribution is -2.83. The normalized spacial score (nSPS) is 48.2. The van der Waals surface area contributed by atoms with Gasteiger partial charge in [0.1, 0.15) is 16.8 Å². The number of benzene rings is 1. The van der Waals surface area contributed by atoms with Crippen LogP contribution < -0.4 is 5.32 Å². The van der Waals surface area contributed by atoms with E-state index < -0.39 is 34.3 Å². The van der Waals surface area contributed by atoms with E-state index >= 15 is 0 Å². The zero-order valence-corrected chi connectivity index (χ0v) is 25.2. The molecule has 2 unspecified atom stereocenters. The Morgan fingerprint density at radius 3 is 2.50 bits per heavy atom. The van der Waals surface area contributed by atoms with E-state index in [0.29, 0.717) is 56.4 Å². The Morgan fingerprint density at radius 1 is 1.07 bits per heavy atom. The second-order valence-electron chi connectivity index (χ2n) is 13.7. The minimum atomic E-state index is -1.48. The van der Waals surface area contributed by atoms with Crippen LogP contribution in [0.2, 0.25) is 0 Å². The van der Waals surface area contributed by atoms with Crippen LogP contribution in [0.4, 0.5) is 5.69 Å². The van der Waals surface area contributed by atoms with Crippen molar-refractivity contribution in [1.29, 1.82) is 0 Å². The molecule has 7 bridgehead atoms. The number of amides is 1. The first-order valence-corrected chi connectivity index (χ1v) is 15.4. The summed E-state index contributed by atoms with van der Waals surface area (Å²) in [6.07, 6.45) is 1.91. The van der Waals surface area contributed by atoms with E-state index in [2.05, 4.69) is 17.1 Å². The number of nitrogens with one attached hydrogen (secondary N) is 1. The van der Waals surface area contributed by atoms with Crippen molar-refractivity contribution in [3.8, 4) is 0 Å². The topological polar surface area (TPSA) is 127 Å². The molecule has 230 valence electrons. The van der Waals surface area contributed by atoms with E-state index in [4.69, 9.17) is 18.9 Å². The minimum absolute atomic E-state index is 0.0432. The van der Waals surface area contributed by atoms with Gasteiger partial charge in [0.25, 0.3) is 0 Å². The van der Waals surface area contributed by atoms with Crippen LogP contribution in [0.1, 0.15) is 56.3 Å². The fraction of sp³-hybridized carbons (Fsp3) is 0.750. The van der Waals surface area contributed by atoms with E-state index in [1.54, 1.807) is 45.6 Å². The fourth-order valence-corrected chi connectivity index (χ4v) is 11.6. The van der Waals surface area contributed by atoms with Crippen LogP contribution in [0.25, 0.3) is 0 Å². The van der Waals surface area contributed by atoms with E-state index in [0.717, 1.165) is 0 Å². The molecule has 12 atom stereocenters. The first kappa shape index (κ1) is 28.7. The quantitative estimate of drug-likeness (QED) is 0.414. The van der Waals surface area contributed by atoms with E-state index in [-0.39, 0.29) is 47.8 Å². The molecule has 42 heavy (non-hydrogen) atoms. The molecular formula is C32H44N2O8. The summed E-state index contributed by atoms with van der Waals surface area (Å²) in [6, 6.07) is 6.89. The van der Waals surface area contributed by atoms with Crippen LogP contribution in [-0.2, 0) is 23.7 Å². The van der Waals surface area contributed by atoms with Crippen molar-refractivity contribution in [2.75, 3.05) is 39.7 Å². The first-order chi connectivity index (χ1) is 20.1. The second kappa shape index (κ2) is 9.46. The third-order valence-electron chi connectivity index (χ3n) is 12.6. The van der Waals surface area contributed by atoms with Crippen LogP contribution in [0.5, 0.6) is 0 Å². The average Bonchev–Trinajstić information content (AvgIpc) is 3.39. The van der Waals surface area contributed by atoms with Gasteiger partial charge in [-0.15, -0.1) is 0 Å². The highest BCUT2D eigenvalue weighted by molar-refractivity contribution is 6.00. The second-order valence-corrected chi connectivity index (χ2v) is 13.7. The first-order valence-electron chi connectivity index (χ1n) is 15.4. The van der Waals surface area contributed by atoms with Crippen LogP contribution >= 0.6 is 0 Å². The number of para-hydroxylation sites is 1. The third kappa shape index (κ3) is 3.21. The summed E-state index contributed by atoms with van der Waals surface area (Å²) in [7, 11) is 5.05. The number of nitrogens with zero attached hydrogens (tertiary/aromatic N) is 1. The number of methoxy groups -OCH3 is 3. The lowest BCUT2D eigenvalue weighted by molar-refractivity contribution is -0.337. The molecule has 7 rings (SSSR count). The number of hydrogen-bond donors (Lipinski definition) is 3. The molecule has 1 aromatic carbocycles. The predicted octanol–water partition coefficient (Wildman–Crippen LogP) is 2.22. The molecule has 6 aliphatic rings. The van der Waals surface area contributed by atoms with Crippen LogP contribution in [0, 0.1) is 29.1 Å². The van der Waals surface area contributed by atoms with Crippen molar-refractivity contribution in [3.63, 3.8) is 0 Å². The number of ether oxygens (including phenoxy) is 4. The van der Waals surface area contributed by atoms with Gasteiger partial charge in [-0.2, -0.15) is 0 Å². The summed E-state index contributed by atoms with van der Waals surface area (Å²) in [5.41, 5.74) is -3.57. The number of esters is 1. The molecule has 10 heteroatoms. The number of likely N-dealkylation sites (tertiary alicyclic amines) is 1. The molecule has 3 N–H and O–H groups in total. The van der Waals surface area contributed by atoms with Crippen LogP contribution in [0.3, 0.4) is 0 Å². The molecule has 1 spiro atoms. The zero-order valence-electron chi connectivity index (χ0n) is 25.2. The summed E-state index contributed by atoms with van der Waals surface area (Å²) < 4.78 is 25.1. The number of carbonyl (C=O) groups is 2. The molecule has 1 heterocycles. The van der Waals surface area contributed by atoms with Crippen LogP contribution in [0.15, 0.2) is 24.3 Å². The van der Waals surface area contributed by atoms with Crippen molar-refractivity contribution >= 4 is 17.6 Å². The number of aliphatic hydroxyl groups is 2. The van der Waals surface area contributed by atoms with Crippen molar-refractivity contribution in [2.45, 2.75) is 87.1 Å². The zero-order chi connectivity index (χ0) is 29.8. The fourth-order valence-electron chi connectivity index (χ4n) is 11.6.